The van der Waals surface area contributed by atoms with Gasteiger partial charge in [-0.3, -0.25) is 0 Å². The number of aliphatic hydroxyl groups excluding tert-OH is 1. The minimum absolute atomic E-state index is 0.208. The fourth-order valence-electron chi connectivity index (χ4n) is 6.81. The maximum absolute atomic E-state index is 13.4. The van der Waals surface area contributed by atoms with Gasteiger partial charge in [0.25, 0.3) is 0 Å². The molecule has 1 aliphatic rings. The van der Waals surface area contributed by atoms with Crippen LogP contribution in [0.15, 0.2) is 42.5 Å². The average Bonchev–Trinajstić information content (AvgIpc) is 3.03. The Hall–Kier alpha value is -2.62. The second-order valence-electron chi connectivity index (χ2n) is 12.1. The number of ether oxygens (including phenoxy) is 2. The highest BCUT2D eigenvalue weighted by molar-refractivity contribution is 5.47. The fraction of sp³-hybridized carbons (Fsp3) is 0.639. The van der Waals surface area contributed by atoms with Gasteiger partial charge in [-0.25, -0.2) is 4.39 Å². The van der Waals surface area contributed by atoms with Gasteiger partial charge >= 0.3 is 0 Å². The van der Waals surface area contributed by atoms with Gasteiger partial charge in [0.2, 0.25) is 0 Å². The molecule has 6 heteroatoms. The second-order valence-corrected chi connectivity index (χ2v) is 12.1. The normalized spacial score (nSPS) is 17.3. The molecule has 1 N–H and O–H groups in total. The summed E-state index contributed by atoms with van der Waals surface area (Å²) in [5.74, 6) is 1.30. The number of hydrogen-bond donors (Lipinski definition) is 1. The molecule has 2 aromatic carbocycles. The van der Waals surface area contributed by atoms with Crippen LogP contribution < -0.4 is 9.47 Å². The largest absolute Gasteiger partial charge is 0.493 e. The highest BCUT2D eigenvalue weighted by Gasteiger charge is 2.33. The number of methoxy groups -OCH3 is 2. The van der Waals surface area contributed by atoms with E-state index in [1.54, 1.807) is 26.4 Å². The smallest absolute Gasteiger partial charge is 0.161 e. The van der Waals surface area contributed by atoms with Crippen LogP contribution in [0.2, 0.25) is 0 Å². The first-order valence-corrected chi connectivity index (χ1v) is 16.2. The van der Waals surface area contributed by atoms with E-state index < -0.39 is 11.5 Å². The van der Waals surface area contributed by atoms with E-state index >= 15 is 0 Å². The number of aliphatic hydroxyl groups is 1. The zero-order valence-corrected chi connectivity index (χ0v) is 26.4. The molecule has 0 radical (unpaired) electrons. The minimum atomic E-state index is -0.537. The maximum atomic E-state index is 13.4. The summed E-state index contributed by atoms with van der Waals surface area (Å²) in [7, 11) is 3.28. The molecule has 0 bridgehead atoms. The molecule has 3 atom stereocenters. The zero-order chi connectivity index (χ0) is 30.4. The third-order valence-electron chi connectivity index (χ3n) is 9.36. The van der Waals surface area contributed by atoms with Crippen LogP contribution in [-0.4, -0.2) is 43.4 Å². The molecule has 0 amide bonds. The van der Waals surface area contributed by atoms with Crippen molar-refractivity contribution in [1.29, 1.82) is 5.26 Å². The predicted molar refractivity (Wildman–Crippen MR) is 168 cm³/mol. The molecule has 42 heavy (non-hydrogen) atoms. The second kappa shape index (κ2) is 17.5. The van der Waals surface area contributed by atoms with Gasteiger partial charge in [-0.15, -0.1) is 0 Å². The molecule has 5 nitrogen and oxygen atoms in total. The summed E-state index contributed by atoms with van der Waals surface area (Å²) in [6.07, 6.45) is 13.5. The highest BCUT2D eigenvalue weighted by atomic mass is 19.1. The Labute approximate surface area is 254 Å². The van der Waals surface area contributed by atoms with Gasteiger partial charge in [-0.2, -0.15) is 5.26 Å². The van der Waals surface area contributed by atoms with E-state index in [0.717, 1.165) is 75.6 Å². The molecule has 0 spiro atoms. The molecule has 3 unspecified atom stereocenters. The molecule has 1 saturated heterocycles. The third-order valence-corrected chi connectivity index (χ3v) is 9.36. The topological polar surface area (TPSA) is 65.7 Å². The Morgan fingerprint density at radius 2 is 1.57 bits per heavy atom. The van der Waals surface area contributed by atoms with Crippen LogP contribution >= 0.6 is 0 Å². The van der Waals surface area contributed by atoms with Crippen molar-refractivity contribution in [2.24, 2.45) is 5.92 Å². The van der Waals surface area contributed by atoms with E-state index in [1.807, 2.05) is 18.2 Å². The molecule has 1 aliphatic heterocycles. The molecule has 2 aromatic rings. The number of nitriles is 1. The first-order valence-electron chi connectivity index (χ1n) is 16.2. The fourth-order valence-corrected chi connectivity index (χ4v) is 6.81. The van der Waals surface area contributed by atoms with Crippen LogP contribution in [0.3, 0.4) is 0 Å². The zero-order valence-electron chi connectivity index (χ0n) is 26.4. The number of unbranched alkanes of at least 4 members (excludes halogenated alkanes) is 4. The van der Waals surface area contributed by atoms with Crippen LogP contribution in [0.5, 0.6) is 11.5 Å². The molecule has 3 rings (SSSR count). The van der Waals surface area contributed by atoms with Gasteiger partial charge in [-0.05, 0) is 92.9 Å². The summed E-state index contributed by atoms with van der Waals surface area (Å²) >= 11 is 0. The van der Waals surface area contributed by atoms with Gasteiger partial charge in [0.15, 0.2) is 11.5 Å². The number of benzene rings is 2. The Bertz CT molecular complexity index is 1090. The van der Waals surface area contributed by atoms with Crippen LogP contribution in [-0.2, 0) is 5.41 Å². The van der Waals surface area contributed by atoms with Crippen molar-refractivity contribution >= 4 is 0 Å². The number of halogens is 1. The standard InChI is InChI=1S/C36H53FN2O3/c1-5-7-8-9-12-32(39-24-20-29(21-25-39)35(40)28-14-17-31(37)18-15-28)13-10-11-23-36(27-38,22-6-2)30-16-19-33(41-3)34(26-30)42-4/h14-19,26,29,32,35,40H,5-13,20-25H2,1-4H3. The Morgan fingerprint density at radius 1 is 0.905 bits per heavy atom. The Morgan fingerprint density at radius 3 is 2.17 bits per heavy atom. The summed E-state index contributed by atoms with van der Waals surface area (Å²) in [6, 6.07) is 15.5. The molecular formula is C36H53FN2O3. The number of nitrogens with zero attached hydrogens (tertiary/aromatic N) is 2. The summed E-state index contributed by atoms with van der Waals surface area (Å²) in [5, 5.41) is 21.4. The minimum Gasteiger partial charge on any atom is -0.493 e. The van der Waals surface area contributed by atoms with Crippen LogP contribution in [0, 0.1) is 23.1 Å². The summed E-state index contributed by atoms with van der Waals surface area (Å²) in [5.41, 5.74) is 1.30. The monoisotopic (exact) mass is 580 g/mol. The SMILES string of the molecule is CCCCCCC(CCCCC(C#N)(CCC)c1ccc(OC)c(OC)c1)N1CCC(C(O)c2ccc(F)cc2)CC1. The molecule has 1 fully saturated rings. The van der Waals surface area contributed by atoms with Gasteiger partial charge in [0.1, 0.15) is 5.82 Å². The lowest BCUT2D eigenvalue weighted by Crippen LogP contribution is -2.42. The van der Waals surface area contributed by atoms with Gasteiger partial charge in [0, 0.05) is 6.04 Å². The average molecular weight is 581 g/mol. The summed E-state index contributed by atoms with van der Waals surface area (Å²) in [4.78, 5) is 2.65. The lowest BCUT2D eigenvalue weighted by Gasteiger charge is -2.39. The number of hydrogen-bond acceptors (Lipinski definition) is 5. The first-order chi connectivity index (χ1) is 20.4. The Kier molecular flexibility index (Phi) is 14.1. The molecule has 0 aromatic heterocycles. The van der Waals surface area contributed by atoms with Gasteiger partial charge in [0.05, 0.1) is 31.8 Å². The number of rotatable bonds is 18. The van der Waals surface area contributed by atoms with Crippen LogP contribution in [0.1, 0.15) is 115 Å². The lowest BCUT2D eigenvalue weighted by atomic mass is 9.74. The summed E-state index contributed by atoms with van der Waals surface area (Å²) < 4.78 is 24.4. The number of likely N-dealkylation sites (tertiary alicyclic amines) is 1. The van der Waals surface area contributed by atoms with E-state index in [1.165, 1.54) is 44.2 Å². The molecular weight excluding hydrogens is 527 g/mol. The van der Waals surface area contributed by atoms with Crippen molar-refractivity contribution in [2.45, 2.75) is 115 Å². The summed E-state index contributed by atoms with van der Waals surface area (Å²) in [6.45, 7) is 6.39. The highest BCUT2D eigenvalue weighted by Crippen LogP contribution is 2.39. The third kappa shape index (κ3) is 9.19. The van der Waals surface area contributed by atoms with Crippen molar-refractivity contribution in [3.8, 4) is 17.6 Å². The molecule has 1 heterocycles. The number of piperidine rings is 1. The van der Waals surface area contributed by atoms with Crippen molar-refractivity contribution < 1.29 is 19.0 Å². The van der Waals surface area contributed by atoms with Crippen LogP contribution in [0.4, 0.5) is 4.39 Å². The Balaban J connectivity index is 1.61. The van der Waals surface area contributed by atoms with E-state index in [9.17, 15) is 14.8 Å². The van der Waals surface area contributed by atoms with Crippen LogP contribution in [0.25, 0.3) is 0 Å². The quantitative estimate of drug-likeness (QED) is 0.179. The predicted octanol–water partition coefficient (Wildman–Crippen LogP) is 8.75. The van der Waals surface area contributed by atoms with Crippen molar-refractivity contribution in [3.63, 3.8) is 0 Å². The van der Waals surface area contributed by atoms with E-state index in [2.05, 4.69) is 24.8 Å². The molecule has 232 valence electrons. The van der Waals surface area contributed by atoms with Crippen molar-refractivity contribution in [2.75, 3.05) is 27.3 Å². The van der Waals surface area contributed by atoms with E-state index in [0.29, 0.717) is 17.5 Å². The van der Waals surface area contributed by atoms with Gasteiger partial charge < -0.3 is 19.5 Å². The van der Waals surface area contributed by atoms with E-state index in [4.69, 9.17) is 9.47 Å². The molecule has 0 saturated carbocycles. The first kappa shape index (κ1) is 33.9. The lowest BCUT2D eigenvalue weighted by molar-refractivity contribution is 0.0406. The van der Waals surface area contributed by atoms with E-state index in [-0.39, 0.29) is 11.7 Å². The van der Waals surface area contributed by atoms with Crippen molar-refractivity contribution in [3.05, 3.63) is 59.4 Å². The maximum Gasteiger partial charge on any atom is 0.161 e. The van der Waals surface area contributed by atoms with Gasteiger partial charge in [-0.1, -0.05) is 77.0 Å². The van der Waals surface area contributed by atoms with Crippen molar-refractivity contribution in [1.82, 2.24) is 4.90 Å². The molecule has 0 aliphatic carbocycles.